The average molecular weight is 365 g/mol. The van der Waals surface area contributed by atoms with Crippen LogP contribution in [0.5, 0.6) is 5.75 Å². The Kier molecular flexibility index (Phi) is 5.51. The molecule has 1 heterocycles. The summed E-state index contributed by atoms with van der Waals surface area (Å²) in [6.07, 6.45) is 5.00. The fourth-order valence-corrected chi connectivity index (χ4v) is 5.32. The molecular formula is C18H27N3O3S. The lowest BCUT2D eigenvalue weighted by Crippen LogP contribution is -2.44. The Morgan fingerprint density at radius 3 is 2.84 bits per heavy atom. The van der Waals surface area contributed by atoms with Crippen molar-refractivity contribution in [2.24, 2.45) is 4.99 Å². The van der Waals surface area contributed by atoms with E-state index in [0.29, 0.717) is 31.2 Å². The van der Waals surface area contributed by atoms with Crippen molar-refractivity contribution in [1.29, 1.82) is 0 Å². The number of phenols is 1. The molecule has 1 unspecified atom stereocenters. The van der Waals surface area contributed by atoms with Crippen molar-refractivity contribution in [1.82, 2.24) is 10.6 Å². The monoisotopic (exact) mass is 365 g/mol. The predicted molar refractivity (Wildman–Crippen MR) is 99.8 cm³/mol. The molecule has 1 aliphatic heterocycles. The van der Waals surface area contributed by atoms with E-state index in [4.69, 9.17) is 0 Å². The summed E-state index contributed by atoms with van der Waals surface area (Å²) in [5.74, 6) is 1.29. The van der Waals surface area contributed by atoms with E-state index in [0.717, 1.165) is 24.8 Å². The standard InChI is InChI=1S/C18H27N3O3S/c1-2-19-18(21-14-9-10-25(23,24)12-14)20-11-16-15-6-4-3-5-13(15)7-8-17(16)22/h7-8,14,22H,2-6,9-12H2,1H3,(H2,19,20,21). The van der Waals surface area contributed by atoms with Gasteiger partial charge >= 0.3 is 0 Å². The number of fused-ring (bicyclic) bond motifs is 1. The van der Waals surface area contributed by atoms with Gasteiger partial charge in [-0.15, -0.1) is 0 Å². The molecule has 0 radical (unpaired) electrons. The highest BCUT2D eigenvalue weighted by molar-refractivity contribution is 7.91. The van der Waals surface area contributed by atoms with Gasteiger partial charge in [-0.25, -0.2) is 13.4 Å². The molecule has 1 aromatic rings. The van der Waals surface area contributed by atoms with Gasteiger partial charge in [0.2, 0.25) is 0 Å². The third kappa shape index (κ3) is 4.45. The zero-order valence-electron chi connectivity index (χ0n) is 14.7. The lowest BCUT2D eigenvalue weighted by molar-refractivity contribution is 0.465. The normalized spacial score (nSPS) is 22.4. The van der Waals surface area contributed by atoms with Crippen LogP contribution in [0, 0.1) is 0 Å². The number of benzene rings is 1. The van der Waals surface area contributed by atoms with Crippen molar-refractivity contribution in [2.45, 2.75) is 51.6 Å². The van der Waals surface area contributed by atoms with Crippen molar-refractivity contribution < 1.29 is 13.5 Å². The van der Waals surface area contributed by atoms with Crippen LogP contribution in [0.3, 0.4) is 0 Å². The maximum absolute atomic E-state index is 11.6. The fourth-order valence-electron chi connectivity index (χ4n) is 3.65. The van der Waals surface area contributed by atoms with Gasteiger partial charge in [-0.05, 0) is 56.2 Å². The largest absolute Gasteiger partial charge is 0.508 e. The number of guanidine groups is 1. The number of phenolic OH excluding ortho intramolecular Hbond substituents is 1. The van der Waals surface area contributed by atoms with Crippen LogP contribution in [0.2, 0.25) is 0 Å². The first-order valence-electron chi connectivity index (χ1n) is 9.06. The molecule has 0 bridgehead atoms. The van der Waals surface area contributed by atoms with Crippen molar-refractivity contribution in [3.05, 3.63) is 28.8 Å². The van der Waals surface area contributed by atoms with Gasteiger partial charge < -0.3 is 15.7 Å². The number of hydrogen-bond acceptors (Lipinski definition) is 4. The molecular weight excluding hydrogens is 338 g/mol. The first-order chi connectivity index (χ1) is 12.0. The summed E-state index contributed by atoms with van der Waals surface area (Å²) in [6, 6.07) is 3.68. The molecule has 2 aliphatic rings. The third-order valence-corrected chi connectivity index (χ3v) is 6.71. The Bertz CT molecular complexity index is 759. The quantitative estimate of drug-likeness (QED) is 0.556. The number of aromatic hydroxyl groups is 1. The second-order valence-corrected chi connectivity index (χ2v) is 9.08. The highest BCUT2D eigenvalue weighted by atomic mass is 32.2. The average Bonchev–Trinajstić information content (AvgIpc) is 2.92. The van der Waals surface area contributed by atoms with Crippen LogP contribution >= 0.6 is 0 Å². The zero-order chi connectivity index (χ0) is 17.9. The molecule has 3 rings (SSSR count). The number of rotatable bonds is 4. The van der Waals surface area contributed by atoms with E-state index in [9.17, 15) is 13.5 Å². The molecule has 7 heteroatoms. The van der Waals surface area contributed by atoms with Crippen molar-refractivity contribution in [3.63, 3.8) is 0 Å². The summed E-state index contributed by atoms with van der Waals surface area (Å²) in [5, 5.41) is 16.7. The lowest BCUT2D eigenvalue weighted by atomic mass is 9.88. The molecule has 0 amide bonds. The first-order valence-corrected chi connectivity index (χ1v) is 10.9. The van der Waals surface area contributed by atoms with E-state index in [-0.39, 0.29) is 17.5 Å². The molecule has 0 aromatic heterocycles. The van der Waals surface area contributed by atoms with E-state index in [2.05, 4.69) is 15.6 Å². The SMILES string of the molecule is CCNC(=NCc1c(O)ccc2c1CCCC2)NC1CCS(=O)(=O)C1. The molecule has 0 spiro atoms. The topological polar surface area (TPSA) is 90.8 Å². The van der Waals surface area contributed by atoms with Crippen molar-refractivity contribution in [3.8, 4) is 5.75 Å². The number of aliphatic imine (C=N–C) groups is 1. The van der Waals surface area contributed by atoms with E-state index >= 15 is 0 Å². The van der Waals surface area contributed by atoms with E-state index < -0.39 is 9.84 Å². The summed E-state index contributed by atoms with van der Waals surface area (Å²) in [5.41, 5.74) is 3.44. The Hall–Kier alpha value is -1.76. The predicted octanol–water partition coefficient (Wildman–Crippen LogP) is 1.51. The molecule has 25 heavy (non-hydrogen) atoms. The Balaban J connectivity index is 1.76. The first kappa shape index (κ1) is 18.0. The Labute approximate surface area is 149 Å². The van der Waals surface area contributed by atoms with Crippen LogP contribution in [0.1, 0.15) is 42.9 Å². The summed E-state index contributed by atoms with van der Waals surface area (Å²) >= 11 is 0. The Morgan fingerprint density at radius 1 is 1.32 bits per heavy atom. The highest BCUT2D eigenvalue weighted by Crippen LogP contribution is 2.31. The summed E-state index contributed by atoms with van der Waals surface area (Å²) in [4.78, 5) is 4.60. The number of hydrogen-bond donors (Lipinski definition) is 3. The van der Waals surface area contributed by atoms with Crippen LogP contribution in [0.15, 0.2) is 17.1 Å². The molecule has 3 N–H and O–H groups in total. The second kappa shape index (κ2) is 7.64. The summed E-state index contributed by atoms with van der Waals surface area (Å²) < 4.78 is 23.3. The van der Waals surface area contributed by atoms with Gasteiger partial charge in [0.1, 0.15) is 5.75 Å². The maximum atomic E-state index is 11.6. The van der Waals surface area contributed by atoms with Crippen LogP contribution in [0.4, 0.5) is 0 Å². The molecule has 1 aromatic carbocycles. The van der Waals surface area contributed by atoms with Gasteiger partial charge in [-0.1, -0.05) is 6.07 Å². The van der Waals surface area contributed by atoms with Crippen LogP contribution in [-0.4, -0.2) is 43.6 Å². The van der Waals surface area contributed by atoms with Gasteiger partial charge in [0.05, 0.1) is 18.1 Å². The van der Waals surface area contributed by atoms with Crippen LogP contribution in [-0.2, 0) is 29.2 Å². The fraction of sp³-hybridized carbons (Fsp3) is 0.611. The zero-order valence-corrected chi connectivity index (χ0v) is 15.5. The van der Waals surface area contributed by atoms with Gasteiger partial charge in [0, 0.05) is 18.2 Å². The maximum Gasteiger partial charge on any atom is 0.191 e. The molecule has 138 valence electrons. The van der Waals surface area contributed by atoms with Crippen LogP contribution < -0.4 is 10.6 Å². The Morgan fingerprint density at radius 2 is 2.12 bits per heavy atom. The molecule has 0 saturated carbocycles. The minimum Gasteiger partial charge on any atom is -0.508 e. The van der Waals surface area contributed by atoms with Crippen molar-refractivity contribution in [2.75, 3.05) is 18.1 Å². The van der Waals surface area contributed by atoms with E-state index in [1.807, 2.05) is 13.0 Å². The smallest absolute Gasteiger partial charge is 0.191 e. The minimum atomic E-state index is -2.93. The number of sulfone groups is 1. The van der Waals surface area contributed by atoms with E-state index in [1.165, 1.54) is 17.5 Å². The van der Waals surface area contributed by atoms with Gasteiger partial charge in [-0.3, -0.25) is 0 Å². The summed E-state index contributed by atoms with van der Waals surface area (Å²) in [7, 11) is -2.93. The molecule has 6 nitrogen and oxygen atoms in total. The molecule has 1 atom stereocenters. The minimum absolute atomic E-state index is 0.0962. The molecule has 1 fully saturated rings. The third-order valence-electron chi connectivity index (χ3n) is 4.94. The second-order valence-electron chi connectivity index (χ2n) is 6.85. The van der Waals surface area contributed by atoms with Crippen LogP contribution in [0.25, 0.3) is 0 Å². The van der Waals surface area contributed by atoms with Crippen molar-refractivity contribution >= 4 is 15.8 Å². The molecule has 1 aliphatic carbocycles. The summed E-state index contributed by atoms with van der Waals surface area (Å²) in [6.45, 7) is 3.07. The van der Waals surface area contributed by atoms with Gasteiger partial charge in [0.15, 0.2) is 15.8 Å². The van der Waals surface area contributed by atoms with Gasteiger partial charge in [-0.2, -0.15) is 0 Å². The van der Waals surface area contributed by atoms with Gasteiger partial charge in [0.25, 0.3) is 0 Å². The molecule has 1 saturated heterocycles. The number of nitrogens with zero attached hydrogens (tertiary/aromatic N) is 1. The number of aryl methyl sites for hydroxylation is 1. The number of nitrogens with one attached hydrogen (secondary N) is 2. The van der Waals surface area contributed by atoms with E-state index in [1.54, 1.807) is 6.07 Å². The highest BCUT2D eigenvalue weighted by Gasteiger charge is 2.28. The lowest BCUT2D eigenvalue weighted by Gasteiger charge is -2.20.